The molecule has 1 aromatic carbocycles. The summed E-state index contributed by atoms with van der Waals surface area (Å²) in [6.07, 6.45) is 1.42. The lowest BCUT2D eigenvalue weighted by atomic mass is 10.1. The van der Waals surface area contributed by atoms with E-state index in [1.807, 2.05) is 13.8 Å². The average molecular weight is 285 g/mol. The van der Waals surface area contributed by atoms with Crippen molar-refractivity contribution in [3.8, 4) is 0 Å². The van der Waals surface area contributed by atoms with Gasteiger partial charge in [0.15, 0.2) is 0 Å². The molecule has 1 amide bonds. The fourth-order valence-electron chi connectivity index (χ4n) is 2.26. The molecule has 0 heterocycles. The summed E-state index contributed by atoms with van der Waals surface area (Å²) >= 11 is 0. The molecule has 0 atom stereocenters. The zero-order chi connectivity index (χ0) is 15.3. The minimum Gasteiger partial charge on any atom is -0.395 e. The number of rotatable bonds is 6. The second kappa shape index (κ2) is 7.33. The molecule has 5 heteroatoms. The van der Waals surface area contributed by atoms with E-state index in [0.29, 0.717) is 12.8 Å². The lowest BCUT2D eigenvalue weighted by molar-refractivity contribution is 0.0617. The van der Waals surface area contributed by atoms with Crippen molar-refractivity contribution in [2.45, 2.75) is 39.7 Å². The Labute approximate surface area is 118 Å². The molecular formula is C15H21F2NO2. The van der Waals surface area contributed by atoms with E-state index >= 15 is 0 Å². The van der Waals surface area contributed by atoms with Crippen molar-refractivity contribution in [2.75, 3.05) is 13.2 Å². The second-order valence-corrected chi connectivity index (χ2v) is 4.77. The molecule has 112 valence electrons. The first kappa shape index (κ1) is 16.6. The van der Waals surface area contributed by atoms with Crippen molar-refractivity contribution in [3.05, 3.63) is 34.9 Å². The van der Waals surface area contributed by atoms with Crippen LogP contribution in [0.5, 0.6) is 0 Å². The predicted octanol–water partition coefficient (Wildman–Crippen LogP) is 2.90. The van der Waals surface area contributed by atoms with Crippen molar-refractivity contribution in [1.82, 2.24) is 4.90 Å². The van der Waals surface area contributed by atoms with Gasteiger partial charge in [-0.1, -0.05) is 13.8 Å². The molecule has 0 saturated carbocycles. The van der Waals surface area contributed by atoms with Crippen molar-refractivity contribution in [2.24, 2.45) is 0 Å². The van der Waals surface area contributed by atoms with Gasteiger partial charge in [-0.3, -0.25) is 4.79 Å². The number of nitrogens with zero attached hydrogens (tertiary/aromatic N) is 1. The fraction of sp³-hybridized carbons (Fsp3) is 0.533. The molecule has 1 aromatic rings. The van der Waals surface area contributed by atoms with Crippen molar-refractivity contribution in [3.63, 3.8) is 0 Å². The number of halogens is 2. The van der Waals surface area contributed by atoms with E-state index in [1.54, 1.807) is 0 Å². The molecule has 0 radical (unpaired) electrons. The van der Waals surface area contributed by atoms with Gasteiger partial charge < -0.3 is 10.0 Å². The van der Waals surface area contributed by atoms with Crippen LogP contribution in [0.25, 0.3) is 0 Å². The Morgan fingerprint density at radius 2 is 1.85 bits per heavy atom. The highest BCUT2D eigenvalue weighted by molar-refractivity contribution is 5.95. The number of aryl methyl sites for hydroxylation is 1. The first-order valence-corrected chi connectivity index (χ1v) is 6.83. The van der Waals surface area contributed by atoms with Gasteiger partial charge in [-0.15, -0.1) is 0 Å². The van der Waals surface area contributed by atoms with E-state index in [-0.39, 0.29) is 30.3 Å². The predicted molar refractivity (Wildman–Crippen MR) is 73.6 cm³/mol. The molecule has 0 aliphatic heterocycles. The van der Waals surface area contributed by atoms with Crippen LogP contribution in [-0.4, -0.2) is 35.1 Å². The molecular weight excluding hydrogens is 264 g/mol. The first-order valence-electron chi connectivity index (χ1n) is 6.83. The van der Waals surface area contributed by atoms with Crippen LogP contribution in [0.3, 0.4) is 0 Å². The minimum atomic E-state index is -0.869. The summed E-state index contributed by atoms with van der Waals surface area (Å²) in [7, 11) is 0. The molecule has 0 bridgehead atoms. The maximum absolute atomic E-state index is 13.8. The summed E-state index contributed by atoms with van der Waals surface area (Å²) in [4.78, 5) is 13.9. The number of hydrogen-bond donors (Lipinski definition) is 1. The van der Waals surface area contributed by atoms with Crippen LogP contribution >= 0.6 is 0 Å². The highest BCUT2D eigenvalue weighted by atomic mass is 19.1. The van der Waals surface area contributed by atoms with Crippen LogP contribution in [0.4, 0.5) is 8.78 Å². The maximum Gasteiger partial charge on any atom is 0.257 e. The van der Waals surface area contributed by atoms with Crippen LogP contribution in [0.2, 0.25) is 0 Å². The second-order valence-electron chi connectivity index (χ2n) is 4.77. The normalized spacial score (nSPS) is 10.9. The van der Waals surface area contributed by atoms with Crippen LogP contribution in [0.1, 0.15) is 42.6 Å². The van der Waals surface area contributed by atoms with Crippen molar-refractivity contribution < 1.29 is 18.7 Å². The lowest BCUT2D eigenvalue weighted by Gasteiger charge is -2.30. The number of carbonyl (C=O) groups excluding carboxylic acids is 1. The Kier molecular flexibility index (Phi) is 6.07. The average Bonchev–Trinajstić information content (AvgIpc) is 2.42. The summed E-state index contributed by atoms with van der Waals surface area (Å²) < 4.78 is 27.1. The van der Waals surface area contributed by atoms with E-state index in [0.717, 1.165) is 6.07 Å². The van der Waals surface area contributed by atoms with Crippen molar-refractivity contribution in [1.29, 1.82) is 0 Å². The first-order chi connectivity index (χ1) is 9.46. The number of amides is 1. The summed E-state index contributed by atoms with van der Waals surface area (Å²) in [5.41, 5.74) is 0.0764. The van der Waals surface area contributed by atoms with Gasteiger partial charge in [0, 0.05) is 18.7 Å². The molecule has 0 fully saturated rings. The molecule has 0 unspecified atom stereocenters. The number of benzene rings is 1. The number of aliphatic hydroxyl groups excluding tert-OH is 1. The quantitative estimate of drug-likeness (QED) is 0.873. The molecule has 0 aromatic heterocycles. The lowest BCUT2D eigenvalue weighted by Crippen LogP contribution is -2.42. The molecule has 0 aliphatic rings. The van der Waals surface area contributed by atoms with Gasteiger partial charge in [0.2, 0.25) is 0 Å². The van der Waals surface area contributed by atoms with Crippen LogP contribution in [-0.2, 0) is 0 Å². The van der Waals surface area contributed by atoms with E-state index in [1.165, 1.54) is 17.9 Å². The number of hydrogen-bond acceptors (Lipinski definition) is 2. The van der Waals surface area contributed by atoms with Gasteiger partial charge in [-0.2, -0.15) is 0 Å². The zero-order valence-corrected chi connectivity index (χ0v) is 12.1. The largest absolute Gasteiger partial charge is 0.395 e. The number of aliphatic hydroxyl groups is 1. The van der Waals surface area contributed by atoms with Crippen molar-refractivity contribution >= 4 is 5.91 Å². The van der Waals surface area contributed by atoms with Gasteiger partial charge >= 0.3 is 0 Å². The van der Waals surface area contributed by atoms with E-state index in [2.05, 4.69) is 0 Å². The Hall–Kier alpha value is -1.49. The van der Waals surface area contributed by atoms with Crippen LogP contribution < -0.4 is 0 Å². The van der Waals surface area contributed by atoms with Gasteiger partial charge in [0.1, 0.15) is 11.6 Å². The SMILES string of the molecule is CCC(CC)N(CCO)C(=O)c1cc(C)c(F)cc1F. The Morgan fingerprint density at radius 3 is 2.35 bits per heavy atom. The molecule has 0 aliphatic carbocycles. The topological polar surface area (TPSA) is 40.5 Å². The van der Waals surface area contributed by atoms with E-state index in [4.69, 9.17) is 5.11 Å². The Balaban J connectivity index is 3.15. The van der Waals surface area contributed by atoms with Crippen LogP contribution in [0, 0.1) is 18.6 Å². The smallest absolute Gasteiger partial charge is 0.257 e. The van der Waals surface area contributed by atoms with E-state index < -0.39 is 17.5 Å². The third kappa shape index (κ3) is 3.54. The molecule has 0 saturated heterocycles. The third-order valence-electron chi connectivity index (χ3n) is 3.46. The molecule has 0 spiro atoms. The summed E-state index contributed by atoms with van der Waals surface area (Å²) in [6.45, 7) is 5.29. The summed E-state index contributed by atoms with van der Waals surface area (Å²) in [5.74, 6) is -2.05. The minimum absolute atomic E-state index is 0.0700. The molecule has 1 rings (SSSR count). The van der Waals surface area contributed by atoms with Gasteiger partial charge in [0.05, 0.1) is 12.2 Å². The highest BCUT2D eigenvalue weighted by Crippen LogP contribution is 2.19. The molecule has 3 nitrogen and oxygen atoms in total. The Bertz CT molecular complexity index is 473. The third-order valence-corrected chi connectivity index (χ3v) is 3.46. The zero-order valence-electron chi connectivity index (χ0n) is 12.1. The van der Waals surface area contributed by atoms with Gasteiger partial charge in [-0.25, -0.2) is 8.78 Å². The van der Waals surface area contributed by atoms with Gasteiger partial charge in [-0.05, 0) is 31.4 Å². The van der Waals surface area contributed by atoms with Gasteiger partial charge in [0.25, 0.3) is 5.91 Å². The summed E-state index contributed by atoms with van der Waals surface area (Å²) in [6, 6.07) is 1.88. The molecule has 20 heavy (non-hydrogen) atoms. The standard InChI is InChI=1S/C15H21F2NO2/c1-4-11(5-2)18(6-7-19)15(20)12-8-10(3)13(16)9-14(12)17/h8-9,11,19H,4-7H2,1-3H3. The van der Waals surface area contributed by atoms with Crippen LogP contribution in [0.15, 0.2) is 12.1 Å². The number of carbonyl (C=O) groups is 1. The summed E-state index contributed by atoms with van der Waals surface area (Å²) in [5, 5.41) is 9.09. The monoisotopic (exact) mass is 285 g/mol. The molecule has 1 N–H and O–H groups in total. The fourth-order valence-corrected chi connectivity index (χ4v) is 2.26. The van der Waals surface area contributed by atoms with E-state index in [9.17, 15) is 13.6 Å². The maximum atomic E-state index is 13.8. The highest BCUT2D eigenvalue weighted by Gasteiger charge is 2.25. The Morgan fingerprint density at radius 1 is 1.25 bits per heavy atom.